The van der Waals surface area contributed by atoms with Crippen LogP contribution in [0.1, 0.15) is 40.2 Å². The van der Waals surface area contributed by atoms with E-state index in [1.54, 1.807) is 18.0 Å². The standard InChI is InChI=1S/C21H28N4O3S/c1-15-19(16(2)28-23-15)14-29-20-18(6-3-7-22-20)21(26)25-10-8-24(9-11-25)13-17-5-4-12-27-17/h3,6-7,17H,4-5,8-14H2,1-2H3/t17-/m1/s1. The summed E-state index contributed by atoms with van der Waals surface area (Å²) >= 11 is 1.56. The summed E-state index contributed by atoms with van der Waals surface area (Å²) in [7, 11) is 0. The van der Waals surface area contributed by atoms with Crippen LogP contribution in [0.25, 0.3) is 0 Å². The topological polar surface area (TPSA) is 71.7 Å². The highest BCUT2D eigenvalue weighted by atomic mass is 32.2. The molecule has 0 aliphatic carbocycles. The Hall–Kier alpha value is -1.90. The number of ether oxygens (including phenoxy) is 1. The Kier molecular flexibility index (Phi) is 6.52. The Morgan fingerprint density at radius 1 is 1.28 bits per heavy atom. The minimum atomic E-state index is 0.0659. The number of aromatic nitrogens is 2. The van der Waals surface area contributed by atoms with Crippen molar-refractivity contribution in [1.29, 1.82) is 0 Å². The predicted octanol–water partition coefficient (Wildman–Crippen LogP) is 2.92. The van der Waals surface area contributed by atoms with Crippen LogP contribution in [0.3, 0.4) is 0 Å². The zero-order valence-corrected chi connectivity index (χ0v) is 17.9. The highest BCUT2D eigenvalue weighted by molar-refractivity contribution is 7.98. The Labute approximate surface area is 175 Å². The first-order valence-corrected chi connectivity index (χ1v) is 11.2. The fourth-order valence-corrected chi connectivity index (χ4v) is 5.04. The summed E-state index contributed by atoms with van der Waals surface area (Å²) in [6, 6.07) is 3.71. The van der Waals surface area contributed by atoms with Gasteiger partial charge in [0, 0.05) is 56.8 Å². The molecular weight excluding hydrogens is 388 g/mol. The number of carbonyl (C=O) groups is 1. The molecule has 2 aromatic rings. The van der Waals surface area contributed by atoms with Crippen LogP contribution in [-0.4, -0.2) is 71.3 Å². The predicted molar refractivity (Wildman–Crippen MR) is 111 cm³/mol. The average Bonchev–Trinajstić information content (AvgIpc) is 3.36. The van der Waals surface area contributed by atoms with Gasteiger partial charge in [0.25, 0.3) is 5.91 Å². The van der Waals surface area contributed by atoms with Crippen LogP contribution >= 0.6 is 11.8 Å². The number of thioether (sulfide) groups is 1. The second kappa shape index (κ2) is 9.28. The highest BCUT2D eigenvalue weighted by Crippen LogP contribution is 2.28. The van der Waals surface area contributed by atoms with Gasteiger partial charge in [0.2, 0.25) is 0 Å². The molecule has 0 bridgehead atoms. The van der Waals surface area contributed by atoms with Gasteiger partial charge < -0.3 is 14.2 Å². The molecule has 0 spiro atoms. The molecule has 29 heavy (non-hydrogen) atoms. The summed E-state index contributed by atoms with van der Waals surface area (Å²) in [5.41, 5.74) is 2.64. The van der Waals surface area contributed by atoms with Crippen molar-refractivity contribution in [2.45, 2.75) is 43.6 Å². The monoisotopic (exact) mass is 416 g/mol. The molecule has 7 nitrogen and oxygen atoms in total. The molecule has 0 radical (unpaired) electrons. The molecule has 2 aliphatic rings. The van der Waals surface area contributed by atoms with Crippen molar-refractivity contribution < 1.29 is 14.1 Å². The van der Waals surface area contributed by atoms with Crippen molar-refractivity contribution in [3.8, 4) is 0 Å². The van der Waals surface area contributed by atoms with Crippen molar-refractivity contribution in [1.82, 2.24) is 19.9 Å². The maximum absolute atomic E-state index is 13.2. The fourth-order valence-electron chi connectivity index (χ4n) is 3.90. The van der Waals surface area contributed by atoms with E-state index in [0.29, 0.717) is 17.4 Å². The number of carbonyl (C=O) groups excluding carboxylic acids is 1. The molecule has 8 heteroatoms. The number of nitrogens with zero attached hydrogens (tertiary/aromatic N) is 4. The van der Waals surface area contributed by atoms with E-state index in [1.807, 2.05) is 30.9 Å². The lowest BCUT2D eigenvalue weighted by Crippen LogP contribution is -2.50. The van der Waals surface area contributed by atoms with Crippen LogP contribution in [0, 0.1) is 13.8 Å². The molecule has 4 rings (SSSR count). The van der Waals surface area contributed by atoms with E-state index in [-0.39, 0.29) is 5.91 Å². The Morgan fingerprint density at radius 3 is 2.79 bits per heavy atom. The molecule has 0 aromatic carbocycles. The van der Waals surface area contributed by atoms with Crippen molar-refractivity contribution in [3.63, 3.8) is 0 Å². The molecule has 1 atom stereocenters. The third-order valence-corrected chi connectivity index (χ3v) is 6.71. The maximum atomic E-state index is 13.2. The quantitative estimate of drug-likeness (QED) is 0.671. The number of aryl methyl sites for hydroxylation is 2. The number of amides is 1. The van der Waals surface area contributed by atoms with Crippen molar-refractivity contribution >= 4 is 17.7 Å². The van der Waals surface area contributed by atoms with Crippen molar-refractivity contribution in [2.75, 3.05) is 39.3 Å². The van der Waals surface area contributed by atoms with Crippen LogP contribution in [0.5, 0.6) is 0 Å². The Morgan fingerprint density at radius 2 is 2.10 bits per heavy atom. The van der Waals surface area contributed by atoms with E-state index >= 15 is 0 Å². The molecule has 0 saturated carbocycles. The summed E-state index contributed by atoms with van der Waals surface area (Å²) in [6.07, 6.45) is 4.42. The van der Waals surface area contributed by atoms with Crippen LogP contribution in [0.4, 0.5) is 0 Å². The van der Waals surface area contributed by atoms with Gasteiger partial charge in [-0.15, -0.1) is 11.8 Å². The number of rotatable bonds is 6. The van der Waals surface area contributed by atoms with Crippen molar-refractivity contribution in [3.05, 3.63) is 40.9 Å². The average molecular weight is 417 g/mol. The lowest BCUT2D eigenvalue weighted by molar-refractivity contribution is 0.0430. The van der Waals surface area contributed by atoms with Gasteiger partial charge in [-0.05, 0) is 38.8 Å². The summed E-state index contributed by atoms with van der Waals surface area (Å²) < 4.78 is 11.0. The van der Waals surface area contributed by atoms with E-state index in [2.05, 4.69) is 15.0 Å². The van der Waals surface area contributed by atoms with Gasteiger partial charge in [-0.3, -0.25) is 9.69 Å². The van der Waals surface area contributed by atoms with Gasteiger partial charge in [-0.25, -0.2) is 4.98 Å². The van der Waals surface area contributed by atoms with Crippen LogP contribution in [-0.2, 0) is 10.5 Å². The van der Waals surface area contributed by atoms with E-state index in [0.717, 1.165) is 67.8 Å². The Bertz CT molecular complexity index is 823. The minimum absolute atomic E-state index is 0.0659. The van der Waals surface area contributed by atoms with Gasteiger partial charge >= 0.3 is 0 Å². The molecule has 2 aliphatic heterocycles. The molecule has 2 fully saturated rings. The van der Waals surface area contributed by atoms with Gasteiger partial charge in [0.05, 0.1) is 17.4 Å². The maximum Gasteiger partial charge on any atom is 0.256 e. The smallest absolute Gasteiger partial charge is 0.256 e. The molecule has 2 saturated heterocycles. The number of hydrogen-bond donors (Lipinski definition) is 0. The third-order valence-electron chi connectivity index (χ3n) is 5.68. The van der Waals surface area contributed by atoms with Gasteiger partial charge in [-0.1, -0.05) is 5.16 Å². The lowest BCUT2D eigenvalue weighted by Gasteiger charge is -2.35. The zero-order valence-electron chi connectivity index (χ0n) is 17.1. The summed E-state index contributed by atoms with van der Waals surface area (Å²) in [5, 5.41) is 4.77. The molecule has 0 N–H and O–H groups in total. The molecule has 156 valence electrons. The zero-order chi connectivity index (χ0) is 20.2. The molecule has 0 unspecified atom stereocenters. The van der Waals surface area contributed by atoms with Crippen LogP contribution < -0.4 is 0 Å². The lowest BCUT2D eigenvalue weighted by atomic mass is 10.2. The number of hydrogen-bond acceptors (Lipinski definition) is 7. The van der Waals surface area contributed by atoms with Crippen LogP contribution in [0.2, 0.25) is 0 Å². The highest BCUT2D eigenvalue weighted by Gasteiger charge is 2.27. The molecular formula is C21H28N4O3S. The normalized spacial score (nSPS) is 20.3. The van der Waals surface area contributed by atoms with E-state index in [1.165, 1.54) is 6.42 Å². The number of pyridine rings is 1. The SMILES string of the molecule is Cc1noc(C)c1CSc1ncccc1C(=O)N1CCN(C[C@H]2CCCO2)CC1. The second-order valence-corrected chi connectivity index (χ2v) is 8.64. The van der Waals surface area contributed by atoms with Gasteiger partial charge in [0.15, 0.2) is 0 Å². The van der Waals surface area contributed by atoms with Gasteiger partial charge in [-0.2, -0.15) is 0 Å². The van der Waals surface area contributed by atoms with E-state index in [9.17, 15) is 4.79 Å². The molecule has 1 amide bonds. The fraction of sp³-hybridized carbons (Fsp3) is 0.571. The largest absolute Gasteiger partial charge is 0.377 e. The van der Waals surface area contributed by atoms with E-state index < -0.39 is 0 Å². The van der Waals surface area contributed by atoms with Crippen LogP contribution in [0.15, 0.2) is 27.9 Å². The van der Waals surface area contributed by atoms with E-state index in [4.69, 9.17) is 9.26 Å². The first-order valence-electron chi connectivity index (χ1n) is 10.2. The second-order valence-electron chi connectivity index (χ2n) is 7.68. The summed E-state index contributed by atoms with van der Waals surface area (Å²) in [5.74, 6) is 1.57. The molecule has 2 aromatic heterocycles. The molecule has 4 heterocycles. The Balaban J connectivity index is 1.36. The number of piperazine rings is 1. The summed E-state index contributed by atoms with van der Waals surface area (Å²) in [4.78, 5) is 22.0. The first-order chi connectivity index (χ1) is 14.1. The third kappa shape index (κ3) is 4.82. The first kappa shape index (κ1) is 20.4. The van der Waals surface area contributed by atoms with Crippen molar-refractivity contribution in [2.24, 2.45) is 0 Å². The minimum Gasteiger partial charge on any atom is -0.377 e. The summed E-state index contributed by atoms with van der Waals surface area (Å²) in [6.45, 7) is 9.00. The van der Waals surface area contributed by atoms with Gasteiger partial charge in [0.1, 0.15) is 10.8 Å².